The molecule has 5 heteroatoms. The van der Waals surface area contributed by atoms with E-state index in [0.717, 1.165) is 39.1 Å². The Morgan fingerprint density at radius 3 is 3.00 bits per heavy atom. The summed E-state index contributed by atoms with van der Waals surface area (Å²) in [7, 11) is 0. The summed E-state index contributed by atoms with van der Waals surface area (Å²) in [5.74, 6) is 0.137. The third-order valence-electron chi connectivity index (χ3n) is 5.36. The van der Waals surface area contributed by atoms with Gasteiger partial charge in [-0.25, -0.2) is 0 Å². The quantitative estimate of drug-likeness (QED) is 0.860. The summed E-state index contributed by atoms with van der Waals surface area (Å²) >= 11 is 1.77. The van der Waals surface area contributed by atoms with Crippen LogP contribution in [0.2, 0.25) is 0 Å². The van der Waals surface area contributed by atoms with E-state index >= 15 is 0 Å². The van der Waals surface area contributed by atoms with Gasteiger partial charge in [-0.2, -0.15) is 11.3 Å². The maximum absolute atomic E-state index is 12.8. The lowest BCUT2D eigenvalue weighted by Gasteiger charge is -2.40. The van der Waals surface area contributed by atoms with Gasteiger partial charge in [0.15, 0.2) is 0 Å². The van der Waals surface area contributed by atoms with E-state index in [0.29, 0.717) is 5.56 Å². The van der Waals surface area contributed by atoms with Gasteiger partial charge < -0.3 is 4.90 Å². The van der Waals surface area contributed by atoms with Crippen LogP contribution >= 0.6 is 11.3 Å². The zero-order valence-corrected chi connectivity index (χ0v) is 14.7. The maximum Gasteiger partial charge on any atom is 0.255 e. The molecule has 0 aliphatic carbocycles. The average Bonchev–Trinajstić information content (AvgIpc) is 3.26. The SMILES string of the molecule is O=C(c1cccnc1)N1CCCC2(CCN(Cc3ccsc3)C2)C1. The summed E-state index contributed by atoms with van der Waals surface area (Å²) < 4.78 is 0. The van der Waals surface area contributed by atoms with Crippen LogP contribution in [0.1, 0.15) is 35.2 Å². The van der Waals surface area contributed by atoms with Crippen LogP contribution in [0.4, 0.5) is 0 Å². The van der Waals surface area contributed by atoms with E-state index in [1.807, 2.05) is 12.1 Å². The Hall–Kier alpha value is -1.72. The smallest absolute Gasteiger partial charge is 0.255 e. The predicted molar refractivity (Wildman–Crippen MR) is 96.0 cm³/mol. The van der Waals surface area contributed by atoms with Crippen LogP contribution in [0.15, 0.2) is 41.4 Å². The molecule has 1 spiro atoms. The number of carbonyl (C=O) groups is 1. The number of aromatic nitrogens is 1. The molecule has 0 radical (unpaired) electrons. The fourth-order valence-corrected chi connectivity index (χ4v) is 4.85. The minimum absolute atomic E-state index is 0.137. The molecule has 4 rings (SSSR count). The molecule has 1 amide bonds. The standard InChI is InChI=1S/C19H23N3OS/c23-18(17-3-1-7-20-11-17)22-8-2-5-19(15-22)6-9-21(14-19)12-16-4-10-24-13-16/h1,3-4,7,10-11,13H,2,5-6,8-9,12,14-15H2. The van der Waals surface area contributed by atoms with Crippen molar-refractivity contribution in [2.24, 2.45) is 5.41 Å². The topological polar surface area (TPSA) is 36.4 Å². The van der Waals surface area contributed by atoms with E-state index in [1.54, 1.807) is 23.7 Å². The Morgan fingerprint density at radius 2 is 2.21 bits per heavy atom. The third-order valence-corrected chi connectivity index (χ3v) is 6.09. The molecule has 24 heavy (non-hydrogen) atoms. The van der Waals surface area contributed by atoms with Crippen LogP contribution in [0.25, 0.3) is 0 Å². The molecule has 2 aromatic rings. The van der Waals surface area contributed by atoms with Gasteiger partial charge in [0, 0.05) is 44.0 Å². The third kappa shape index (κ3) is 3.23. The molecular formula is C19H23N3OS. The number of nitrogens with zero attached hydrogens (tertiary/aromatic N) is 3. The van der Waals surface area contributed by atoms with Crippen molar-refractivity contribution < 1.29 is 4.79 Å². The molecular weight excluding hydrogens is 318 g/mol. The molecule has 2 aliphatic rings. The van der Waals surface area contributed by atoms with Crippen LogP contribution in [0.3, 0.4) is 0 Å². The van der Waals surface area contributed by atoms with Gasteiger partial charge in [-0.3, -0.25) is 14.7 Å². The van der Waals surface area contributed by atoms with E-state index in [9.17, 15) is 4.79 Å². The number of amides is 1. The van der Waals surface area contributed by atoms with E-state index in [2.05, 4.69) is 31.6 Å². The first-order valence-corrected chi connectivity index (χ1v) is 9.61. The monoisotopic (exact) mass is 341 g/mol. The second kappa shape index (κ2) is 6.65. The number of carbonyl (C=O) groups excluding carboxylic acids is 1. The van der Waals surface area contributed by atoms with Gasteiger partial charge in [-0.15, -0.1) is 0 Å². The first-order chi connectivity index (χ1) is 11.7. The molecule has 4 heterocycles. The van der Waals surface area contributed by atoms with Crippen molar-refractivity contribution >= 4 is 17.2 Å². The Bertz CT molecular complexity index is 688. The van der Waals surface area contributed by atoms with Gasteiger partial charge in [0.05, 0.1) is 5.56 Å². The average molecular weight is 341 g/mol. The number of likely N-dealkylation sites (tertiary alicyclic amines) is 2. The molecule has 0 saturated carbocycles. The fraction of sp³-hybridized carbons (Fsp3) is 0.474. The van der Waals surface area contributed by atoms with Crippen molar-refractivity contribution in [2.75, 3.05) is 26.2 Å². The zero-order chi connectivity index (χ0) is 16.4. The Balaban J connectivity index is 1.42. The minimum Gasteiger partial charge on any atom is -0.338 e. The van der Waals surface area contributed by atoms with Crippen LogP contribution in [0, 0.1) is 5.41 Å². The molecule has 1 atom stereocenters. The number of piperidine rings is 1. The Kier molecular flexibility index (Phi) is 4.37. The lowest BCUT2D eigenvalue weighted by atomic mass is 9.79. The van der Waals surface area contributed by atoms with Gasteiger partial charge in [-0.05, 0) is 60.3 Å². The van der Waals surface area contributed by atoms with Gasteiger partial charge >= 0.3 is 0 Å². The molecule has 0 N–H and O–H groups in total. The number of hydrogen-bond donors (Lipinski definition) is 0. The van der Waals surface area contributed by atoms with Gasteiger partial charge in [0.1, 0.15) is 0 Å². The highest BCUT2D eigenvalue weighted by molar-refractivity contribution is 7.07. The fourth-order valence-electron chi connectivity index (χ4n) is 4.19. The maximum atomic E-state index is 12.8. The summed E-state index contributed by atoms with van der Waals surface area (Å²) in [6.07, 6.45) is 6.95. The van der Waals surface area contributed by atoms with Crippen LogP contribution < -0.4 is 0 Å². The molecule has 2 saturated heterocycles. The zero-order valence-electron chi connectivity index (χ0n) is 13.9. The molecule has 2 aliphatic heterocycles. The largest absolute Gasteiger partial charge is 0.338 e. The van der Waals surface area contributed by atoms with E-state index in [-0.39, 0.29) is 11.3 Å². The first-order valence-electron chi connectivity index (χ1n) is 8.67. The van der Waals surface area contributed by atoms with Crippen molar-refractivity contribution in [1.82, 2.24) is 14.8 Å². The van der Waals surface area contributed by atoms with Crippen LogP contribution in [-0.4, -0.2) is 46.9 Å². The lowest BCUT2D eigenvalue weighted by Crippen LogP contribution is -2.47. The second-order valence-corrected chi connectivity index (χ2v) is 7.94. The molecule has 1 unspecified atom stereocenters. The minimum atomic E-state index is 0.137. The van der Waals surface area contributed by atoms with Crippen molar-refractivity contribution in [3.63, 3.8) is 0 Å². The highest BCUT2D eigenvalue weighted by Gasteiger charge is 2.42. The van der Waals surface area contributed by atoms with Crippen molar-refractivity contribution in [1.29, 1.82) is 0 Å². The Morgan fingerprint density at radius 1 is 1.25 bits per heavy atom. The van der Waals surface area contributed by atoms with E-state index in [1.165, 1.54) is 18.4 Å². The van der Waals surface area contributed by atoms with Crippen LogP contribution in [-0.2, 0) is 6.54 Å². The summed E-state index contributed by atoms with van der Waals surface area (Å²) in [5.41, 5.74) is 2.41. The summed E-state index contributed by atoms with van der Waals surface area (Å²) in [5, 5.41) is 4.39. The highest BCUT2D eigenvalue weighted by Crippen LogP contribution is 2.39. The van der Waals surface area contributed by atoms with Crippen LogP contribution in [0.5, 0.6) is 0 Å². The summed E-state index contributed by atoms with van der Waals surface area (Å²) in [6.45, 7) is 5.06. The number of pyridine rings is 1. The van der Waals surface area contributed by atoms with Crippen molar-refractivity contribution in [2.45, 2.75) is 25.8 Å². The number of thiophene rings is 1. The summed E-state index contributed by atoms with van der Waals surface area (Å²) in [4.78, 5) is 21.4. The molecule has 0 aromatic carbocycles. The van der Waals surface area contributed by atoms with Gasteiger partial charge in [0.2, 0.25) is 0 Å². The predicted octanol–water partition coefficient (Wildman–Crippen LogP) is 3.27. The normalized spacial score (nSPS) is 24.6. The second-order valence-electron chi connectivity index (χ2n) is 7.16. The Labute approximate surface area is 147 Å². The van der Waals surface area contributed by atoms with Crippen molar-refractivity contribution in [3.05, 3.63) is 52.5 Å². The van der Waals surface area contributed by atoms with E-state index < -0.39 is 0 Å². The summed E-state index contributed by atoms with van der Waals surface area (Å²) in [6, 6.07) is 5.92. The molecule has 126 valence electrons. The molecule has 2 aromatic heterocycles. The highest BCUT2D eigenvalue weighted by atomic mass is 32.1. The first kappa shape index (κ1) is 15.8. The number of rotatable bonds is 3. The van der Waals surface area contributed by atoms with Gasteiger partial charge in [-0.1, -0.05) is 0 Å². The van der Waals surface area contributed by atoms with Crippen molar-refractivity contribution in [3.8, 4) is 0 Å². The molecule has 4 nitrogen and oxygen atoms in total. The van der Waals surface area contributed by atoms with E-state index in [4.69, 9.17) is 0 Å². The molecule has 0 bridgehead atoms. The van der Waals surface area contributed by atoms with Gasteiger partial charge in [0.25, 0.3) is 5.91 Å². The molecule has 2 fully saturated rings. The lowest BCUT2D eigenvalue weighted by molar-refractivity contribution is 0.0526. The number of hydrogen-bond acceptors (Lipinski definition) is 4.